The molecule has 4 unspecified atom stereocenters. The predicted octanol–water partition coefficient (Wildman–Crippen LogP) is 0.341. The molecule has 4 atom stereocenters. The quantitative estimate of drug-likeness (QED) is 0.143. The highest BCUT2D eigenvalue weighted by Gasteiger charge is 2.38. The molecule has 10 N–H and O–H groups in total. The number of H-pyrrole nitrogens is 1. The molecular weight excluding hydrogens is 514 g/mol. The zero-order valence-electron chi connectivity index (χ0n) is 22.9. The molecule has 3 amide bonds. The maximum atomic E-state index is 13.7. The first-order chi connectivity index (χ1) is 19.3. The molecule has 3 rings (SSSR count). The summed E-state index contributed by atoms with van der Waals surface area (Å²) < 4.78 is 0. The Morgan fingerprint density at radius 3 is 2.35 bits per heavy atom. The van der Waals surface area contributed by atoms with Crippen LogP contribution < -0.4 is 27.8 Å². The number of aliphatic carboxylic acids is 1. The molecule has 0 spiro atoms. The molecule has 40 heavy (non-hydrogen) atoms. The van der Waals surface area contributed by atoms with E-state index in [4.69, 9.17) is 17.2 Å². The van der Waals surface area contributed by atoms with Crippen molar-refractivity contribution in [3.05, 3.63) is 36.0 Å². The summed E-state index contributed by atoms with van der Waals surface area (Å²) in [7, 11) is 0. The number of carboxylic acid groups (broad SMARTS) is 1. The number of rotatable bonds is 16. The number of hydrogen-bond acceptors (Lipinski definition) is 7. The summed E-state index contributed by atoms with van der Waals surface area (Å²) in [5, 5.41) is 16.2. The molecule has 0 radical (unpaired) electrons. The molecule has 1 saturated heterocycles. The first-order valence-electron chi connectivity index (χ1n) is 14.1. The van der Waals surface area contributed by atoms with Crippen molar-refractivity contribution in [3.63, 3.8) is 0 Å². The van der Waals surface area contributed by atoms with Crippen molar-refractivity contribution >= 4 is 34.6 Å². The standard InChI is InChI=1S/C28H43N7O5/c29-13-5-3-9-20(31)25(36)33-22(11-4-6-14-30)26(37)34-23(27(38)35-15-7-12-24(35)28(39)40)16-18-17-32-21-10-2-1-8-19(18)21/h1-2,8,10,17,20,22-24,32H,3-7,9,11-16,29-31H2,(H,33,36)(H,34,37)(H,39,40). The van der Waals surface area contributed by atoms with Crippen LogP contribution in [0.1, 0.15) is 56.9 Å². The van der Waals surface area contributed by atoms with Gasteiger partial charge in [-0.3, -0.25) is 14.4 Å². The van der Waals surface area contributed by atoms with Crippen molar-refractivity contribution in [1.82, 2.24) is 20.5 Å². The normalized spacial score (nSPS) is 17.4. The molecule has 12 heteroatoms. The van der Waals surface area contributed by atoms with Gasteiger partial charge >= 0.3 is 5.97 Å². The van der Waals surface area contributed by atoms with Crippen LogP contribution in [0.25, 0.3) is 10.9 Å². The highest BCUT2D eigenvalue weighted by molar-refractivity contribution is 5.95. The smallest absolute Gasteiger partial charge is 0.326 e. The SMILES string of the molecule is NCCCCC(N)C(=O)NC(CCCCN)C(=O)NC(Cc1c[nH]c2ccccc12)C(=O)N1CCCC1C(=O)O. The maximum absolute atomic E-state index is 13.7. The van der Waals surface area contributed by atoms with Crippen LogP contribution >= 0.6 is 0 Å². The van der Waals surface area contributed by atoms with Gasteiger partial charge in [0.15, 0.2) is 0 Å². The molecule has 2 heterocycles. The van der Waals surface area contributed by atoms with Crippen molar-refractivity contribution in [2.75, 3.05) is 19.6 Å². The largest absolute Gasteiger partial charge is 0.480 e. The number of carbonyl (C=O) groups excluding carboxylic acids is 3. The average Bonchev–Trinajstić information content (AvgIpc) is 3.60. The highest BCUT2D eigenvalue weighted by Crippen LogP contribution is 2.23. The van der Waals surface area contributed by atoms with E-state index in [-0.39, 0.29) is 6.42 Å². The van der Waals surface area contributed by atoms with E-state index in [0.29, 0.717) is 64.6 Å². The Kier molecular flexibility index (Phi) is 11.9. The van der Waals surface area contributed by atoms with Crippen LogP contribution in [0.4, 0.5) is 0 Å². The molecule has 0 saturated carbocycles. The average molecular weight is 558 g/mol. The fourth-order valence-electron chi connectivity index (χ4n) is 5.16. The number of nitrogens with one attached hydrogen (secondary N) is 3. The minimum Gasteiger partial charge on any atom is -0.480 e. The number of aromatic amines is 1. The molecular formula is C28H43N7O5. The van der Waals surface area contributed by atoms with Crippen molar-refractivity contribution in [2.24, 2.45) is 17.2 Å². The summed E-state index contributed by atoms with van der Waals surface area (Å²) >= 11 is 0. The number of likely N-dealkylation sites (tertiary alicyclic amines) is 1. The maximum Gasteiger partial charge on any atom is 0.326 e. The van der Waals surface area contributed by atoms with E-state index >= 15 is 0 Å². The number of amides is 3. The third-order valence-corrected chi connectivity index (χ3v) is 7.42. The van der Waals surface area contributed by atoms with Crippen molar-refractivity contribution in [3.8, 4) is 0 Å². The van der Waals surface area contributed by atoms with Crippen LogP contribution in [-0.2, 0) is 25.6 Å². The lowest BCUT2D eigenvalue weighted by Crippen LogP contribution is -2.57. The van der Waals surface area contributed by atoms with Gasteiger partial charge in [0.2, 0.25) is 17.7 Å². The number of carboxylic acids is 1. The Balaban J connectivity index is 1.82. The summed E-state index contributed by atoms with van der Waals surface area (Å²) in [4.78, 5) is 56.5. The van der Waals surface area contributed by atoms with Gasteiger partial charge in [0.1, 0.15) is 18.1 Å². The van der Waals surface area contributed by atoms with Gasteiger partial charge in [0.05, 0.1) is 6.04 Å². The predicted molar refractivity (Wildman–Crippen MR) is 152 cm³/mol. The van der Waals surface area contributed by atoms with Gasteiger partial charge in [-0.25, -0.2) is 4.79 Å². The van der Waals surface area contributed by atoms with Crippen molar-refractivity contribution in [2.45, 2.75) is 82.0 Å². The van der Waals surface area contributed by atoms with Crippen LogP contribution in [0.3, 0.4) is 0 Å². The van der Waals surface area contributed by atoms with Crippen LogP contribution in [-0.4, -0.2) is 82.5 Å². The van der Waals surface area contributed by atoms with Gasteiger partial charge in [-0.2, -0.15) is 0 Å². The topological polar surface area (TPSA) is 210 Å². The fraction of sp³-hybridized carbons (Fsp3) is 0.571. The van der Waals surface area contributed by atoms with Gasteiger partial charge in [-0.05, 0) is 69.7 Å². The van der Waals surface area contributed by atoms with Crippen LogP contribution in [0.5, 0.6) is 0 Å². The number of benzene rings is 1. The zero-order chi connectivity index (χ0) is 29.1. The van der Waals surface area contributed by atoms with Gasteiger partial charge < -0.3 is 42.8 Å². The Labute approximate surface area is 234 Å². The van der Waals surface area contributed by atoms with Crippen LogP contribution in [0, 0.1) is 0 Å². The fourth-order valence-corrected chi connectivity index (χ4v) is 5.16. The lowest BCUT2D eigenvalue weighted by Gasteiger charge is -2.29. The summed E-state index contributed by atoms with van der Waals surface area (Å²) in [5.74, 6) is -2.51. The number of aromatic nitrogens is 1. The number of carbonyl (C=O) groups is 4. The third-order valence-electron chi connectivity index (χ3n) is 7.42. The zero-order valence-corrected chi connectivity index (χ0v) is 22.9. The lowest BCUT2D eigenvalue weighted by atomic mass is 10.0. The van der Waals surface area contributed by atoms with E-state index in [1.54, 1.807) is 6.20 Å². The number of unbranched alkanes of at least 4 members (excludes halogenated alkanes) is 2. The highest BCUT2D eigenvalue weighted by atomic mass is 16.4. The number of hydrogen-bond donors (Lipinski definition) is 7. The molecule has 12 nitrogen and oxygen atoms in total. The molecule has 1 fully saturated rings. The molecule has 1 aliphatic heterocycles. The molecule has 1 aliphatic rings. The van der Waals surface area contributed by atoms with Crippen LogP contribution in [0.2, 0.25) is 0 Å². The monoisotopic (exact) mass is 557 g/mol. The minimum absolute atomic E-state index is 0.152. The van der Waals surface area contributed by atoms with Gasteiger partial charge in [0.25, 0.3) is 0 Å². The van der Waals surface area contributed by atoms with Crippen molar-refractivity contribution < 1.29 is 24.3 Å². The number of fused-ring (bicyclic) bond motifs is 1. The first-order valence-corrected chi connectivity index (χ1v) is 14.1. The summed E-state index contributed by atoms with van der Waals surface area (Å²) in [6.07, 6.45) is 6.30. The number of nitrogens with zero attached hydrogens (tertiary/aromatic N) is 1. The number of para-hydroxylation sites is 1. The summed E-state index contributed by atoms with van der Waals surface area (Å²) in [6, 6.07) is 3.92. The molecule has 1 aromatic carbocycles. The number of nitrogens with two attached hydrogens (primary N) is 3. The molecule has 0 aliphatic carbocycles. The van der Waals surface area contributed by atoms with E-state index in [9.17, 15) is 24.3 Å². The molecule has 0 bridgehead atoms. The second kappa shape index (κ2) is 15.3. The Morgan fingerprint density at radius 2 is 1.65 bits per heavy atom. The lowest BCUT2D eigenvalue weighted by molar-refractivity contribution is -0.149. The van der Waals surface area contributed by atoms with Gasteiger partial charge in [-0.1, -0.05) is 24.6 Å². The van der Waals surface area contributed by atoms with Crippen LogP contribution in [0.15, 0.2) is 30.5 Å². The molecule has 2 aromatic rings. The summed E-state index contributed by atoms with van der Waals surface area (Å²) in [5.41, 5.74) is 18.9. The van der Waals surface area contributed by atoms with E-state index in [1.165, 1.54) is 4.90 Å². The Hall–Kier alpha value is -3.48. The minimum atomic E-state index is -1.07. The van der Waals surface area contributed by atoms with Gasteiger partial charge in [-0.15, -0.1) is 0 Å². The van der Waals surface area contributed by atoms with E-state index < -0.39 is 47.9 Å². The summed E-state index contributed by atoms with van der Waals surface area (Å²) in [6.45, 7) is 1.24. The first kappa shape index (κ1) is 31.1. The Bertz CT molecular complexity index is 1150. The molecule has 220 valence electrons. The second-order valence-corrected chi connectivity index (χ2v) is 10.4. The van der Waals surface area contributed by atoms with Gasteiger partial charge in [0, 0.05) is 30.1 Å². The second-order valence-electron chi connectivity index (χ2n) is 10.4. The van der Waals surface area contributed by atoms with Crippen molar-refractivity contribution in [1.29, 1.82) is 0 Å². The Morgan fingerprint density at radius 1 is 0.975 bits per heavy atom. The third kappa shape index (κ3) is 8.26. The van der Waals surface area contributed by atoms with E-state index in [2.05, 4.69) is 15.6 Å². The van der Waals surface area contributed by atoms with E-state index in [0.717, 1.165) is 22.9 Å². The van der Waals surface area contributed by atoms with E-state index in [1.807, 2.05) is 24.3 Å². The molecule has 1 aromatic heterocycles.